The van der Waals surface area contributed by atoms with Crippen LogP contribution in [0.2, 0.25) is 10.0 Å². The van der Waals surface area contributed by atoms with E-state index in [0.29, 0.717) is 5.56 Å². The predicted octanol–water partition coefficient (Wildman–Crippen LogP) is 3.05. The first kappa shape index (κ1) is 24.1. The van der Waals surface area contributed by atoms with Crippen LogP contribution < -0.4 is 16.8 Å². The Balaban J connectivity index is 1.83. The molecular weight excluding hydrogens is 477 g/mol. The van der Waals surface area contributed by atoms with Crippen LogP contribution >= 0.6 is 23.2 Å². The topological polar surface area (TPSA) is 114 Å². The van der Waals surface area contributed by atoms with Crippen LogP contribution in [0.15, 0.2) is 28.8 Å². The van der Waals surface area contributed by atoms with E-state index in [-0.39, 0.29) is 46.7 Å². The van der Waals surface area contributed by atoms with Gasteiger partial charge < -0.3 is 21.7 Å². The predicted molar refractivity (Wildman–Crippen MR) is 112 cm³/mol. The van der Waals surface area contributed by atoms with Crippen molar-refractivity contribution in [2.75, 3.05) is 19.6 Å². The molecule has 7 nitrogen and oxygen atoms in total. The number of urea groups is 1. The molecule has 1 aromatic rings. The van der Waals surface area contributed by atoms with Gasteiger partial charge in [0.15, 0.2) is 0 Å². The number of hydrogen-bond acceptors (Lipinski definition) is 4. The summed E-state index contributed by atoms with van der Waals surface area (Å²) in [5.41, 5.74) is 9.40. The Kier molecular flexibility index (Phi) is 6.62. The molecule has 0 spiro atoms. The molecule has 1 aromatic carbocycles. The average molecular weight is 496 g/mol. The second-order valence-electron chi connectivity index (χ2n) is 7.63. The van der Waals surface area contributed by atoms with Gasteiger partial charge in [-0.25, -0.2) is 22.4 Å². The van der Waals surface area contributed by atoms with Crippen molar-refractivity contribution in [3.8, 4) is 0 Å². The summed E-state index contributed by atoms with van der Waals surface area (Å²) in [6, 6.07) is 3.40. The first-order valence-electron chi connectivity index (χ1n) is 9.37. The summed E-state index contributed by atoms with van der Waals surface area (Å²) in [6.07, 6.45) is -5.49. The molecule has 0 atom stereocenters. The van der Waals surface area contributed by atoms with Crippen molar-refractivity contribution in [1.82, 2.24) is 10.2 Å². The van der Waals surface area contributed by atoms with Crippen molar-refractivity contribution in [2.45, 2.75) is 30.7 Å². The minimum atomic E-state index is -3.27. The van der Waals surface area contributed by atoms with Gasteiger partial charge in [-0.2, -0.15) is 0 Å². The minimum absolute atomic E-state index is 0.0176. The van der Waals surface area contributed by atoms with E-state index < -0.39 is 42.7 Å². The molecule has 1 fully saturated rings. The van der Waals surface area contributed by atoms with Crippen molar-refractivity contribution in [3.63, 3.8) is 0 Å². The van der Waals surface area contributed by atoms with Crippen LogP contribution in [-0.2, 0) is 4.79 Å². The lowest BCUT2D eigenvalue weighted by Gasteiger charge is -2.47. The van der Waals surface area contributed by atoms with Crippen LogP contribution in [0.1, 0.15) is 18.4 Å². The number of carbonyl (C=O) groups is 2. The first-order valence-corrected chi connectivity index (χ1v) is 10.1. The lowest BCUT2D eigenvalue weighted by molar-refractivity contribution is -0.173. The number of alkyl halides is 4. The quantitative estimate of drug-likeness (QED) is 0.430. The molecule has 174 valence electrons. The van der Waals surface area contributed by atoms with E-state index in [4.69, 9.17) is 34.7 Å². The number of amides is 3. The smallest absolute Gasteiger partial charge is 0.318 e. The highest BCUT2D eigenvalue weighted by Crippen LogP contribution is 2.48. The number of rotatable bonds is 5. The van der Waals surface area contributed by atoms with Crippen molar-refractivity contribution in [3.05, 3.63) is 39.4 Å². The highest BCUT2D eigenvalue weighted by Gasteiger charge is 2.62. The molecule has 0 radical (unpaired) electrons. The van der Waals surface area contributed by atoms with Crippen molar-refractivity contribution in [2.24, 2.45) is 16.5 Å². The third kappa shape index (κ3) is 4.78. The standard InChI is InChI=1S/C19H19Cl2F4N5O2/c20-10-2-1-9(5-11(10)21)14(26)13(15(27)31)12-6-30(4-3-28-12)17(32)29-18(16(22)23)7-19(24,25)8-18/h1-2,5,16H,3-4,6-8,26H2,(H2,27,31)(H,29,32). The summed E-state index contributed by atoms with van der Waals surface area (Å²) in [4.78, 5) is 30.0. The molecule has 32 heavy (non-hydrogen) atoms. The average Bonchev–Trinajstić information content (AvgIpc) is 2.68. The second-order valence-corrected chi connectivity index (χ2v) is 8.44. The van der Waals surface area contributed by atoms with Crippen molar-refractivity contribution < 1.29 is 27.2 Å². The van der Waals surface area contributed by atoms with Crippen LogP contribution in [-0.4, -0.2) is 60.1 Å². The fourth-order valence-corrected chi connectivity index (χ4v) is 3.94. The Morgan fingerprint density at radius 2 is 1.81 bits per heavy atom. The van der Waals surface area contributed by atoms with Gasteiger partial charge in [-0.1, -0.05) is 29.3 Å². The summed E-state index contributed by atoms with van der Waals surface area (Å²) in [5.74, 6) is -4.20. The zero-order chi connectivity index (χ0) is 23.8. The molecule has 3 amide bonds. The molecule has 1 saturated carbocycles. The van der Waals surface area contributed by atoms with Gasteiger partial charge in [-0.15, -0.1) is 0 Å². The summed E-state index contributed by atoms with van der Waals surface area (Å²) in [7, 11) is 0. The van der Waals surface area contributed by atoms with Gasteiger partial charge in [0, 0.05) is 19.4 Å². The number of halogens is 6. The monoisotopic (exact) mass is 495 g/mol. The van der Waals surface area contributed by atoms with Gasteiger partial charge in [0.25, 0.3) is 18.3 Å². The maximum absolute atomic E-state index is 13.4. The molecule has 1 aliphatic carbocycles. The fraction of sp³-hybridized carbons (Fsp3) is 0.421. The minimum Gasteiger partial charge on any atom is -0.398 e. The largest absolute Gasteiger partial charge is 0.398 e. The zero-order valence-electron chi connectivity index (χ0n) is 16.5. The van der Waals surface area contributed by atoms with E-state index in [2.05, 4.69) is 4.99 Å². The highest BCUT2D eigenvalue weighted by atomic mass is 35.5. The van der Waals surface area contributed by atoms with Crippen molar-refractivity contribution >= 4 is 46.5 Å². The van der Waals surface area contributed by atoms with Gasteiger partial charge in [0.2, 0.25) is 0 Å². The van der Waals surface area contributed by atoms with Crippen LogP contribution in [0.3, 0.4) is 0 Å². The molecule has 3 rings (SSSR count). The van der Waals surface area contributed by atoms with E-state index in [1.54, 1.807) is 0 Å². The van der Waals surface area contributed by atoms with Crippen molar-refractivity contribution in [1.29, 1.82) is 0 Å². The van der Waals surface area contributed by atoms with Gasteiger partial charge in [-0.05, 0) is 17.7 Å². The number of nitrogens with zero attached hydrogens (tertiary/aromatic N) is 2. The summed E-state index contributed by atoms with van der Waals surface area (Å²) < 4.78 is 53.2. The Labute approximate surface area is 190 Å². The molecule has 2 aliphatic rings. The van der Waals surface area contributed by atoms with Crippen LogP contribution in [0.4, 0.5) is 22.4 Å². The first-order chi connectivity index (χ1) is 14.8. The maximum atomic E-state index is 13.4. The van der Waals surface area contributed by atoms with Gasteiger partial charge in [-0.3, -0.25) is 9.79 Å². The van der Waals surface area contributed by atoms with E-state index >= 15 is 0 Å². The third-order valence-corrected chi connectivity index (χ3v) is 6.00. The fourth-order valence-electron chi connectivity index (χ4n) is 3.65. The molecule has 13 heteroatoms. The van der Waals surface area contributed by atoms with E-state index in [9.17, 15) is 27.2 Å². The molecule has 0 unspecified atom stereocenters. The van der Waals surface area contributed by atoms with E-state index in [1.807, 2.05) is 5.32 Å². The summed E-state index contributed by atoms with van der Waals surface area (Å²) in [6.45, 7) is -0.252. The van der Waals surface area contributed by atoms with Crippen LogP contribution in [0.25, 0.3) is 5.70 Å². The molecule has 1 heterocycles. The summed E-state index contributed by atoms with van der Waals surface area (Å²) >= 11 is 11.9. The molecule has 0 saturated heterocycles. The zero-order valence-corrected chi connectivity index (χ0v) is 18.0. The molecule has 1 aliphatic heterocycles. The van der Waals surface area contributed by atoms with Gasteiger partial charge in [0.1, 0.15) is 5.54 Å². The SMILES string of the molecule is NC(=O)C(C1=NCCN(C(=O)NC2(C(F)F)CC(F)(F)C2)C1)=C(N)c1ccc(Cl)c(Cl)c1. The van der Waals surface area contributed by atoms with E-state index in [0.717, 1.165) is 4.90 Å². The number of carbonyl (C=O) groups excluding carboxylic acids is 2. The number of benzene rings is 1. The number of nitrogens with two attached hydrogens (primary N) is 2. The second kappa shape index (κ2) is 8.78. The molecule has 5 N–H and O–H groups in total. The normalized spacial score (nSPS) is 20.2. The molecular formula is C19H19Cl2F4N5O2. The van der Waals surface area contributed by atoms with Gasteiger partial charge >= 0.3 is 6.03 Å². The molecule has 0 bridgehead atoms. The highest BCUT2D eigenvalue weighted by molar-refractivity contribution is 6.42. The number of hydrogen-bond donors (Lipinski definition) is 3. The Hall–Kier alpha value is -2.53. The number of aliphatic imine (C=N–C) groups is 1. The third-order valence-electron chi connectivity index (χ3n) is 5.26. The Morgan fingerprint density at radius 1 is 1.16 bits per heavy atom. The Morgan fingerprint density at radius 3 is 2.34 bits per heavy atom. The number of primary amides is 1. The molecule has 0 aromatic heterocycles. The number of nitrogens with one attached hydrogen (secondary N) is 1. The Bertz CT molecular complexity index is 1010. The van der Waals surface area contributed by atoms with E-state index in [1.165, 1.54) is 18.2 Å². The van der Waals surface area contributed by atoms with Crippen LogP contribution in [0, 0.1) is 0 Å². The van der Waals surface area contributed by atoms with Crippen LogP contribution in [0.5, 0.6) is 0 Å². The van der Waals surface area contributed by atoms with Gasteiger partial charge in [0.05, 0.1) is 40.1 Å². The summed E-state index contributed by atoms with van der Waals surface area (Å²) in [5, 5.41) is 2.46. The lowest BCUT2D eigenvalue weighted by atomic mass is 9.73. The maximum Gasteiger partial charge on any atom is 0.318 e. The lowest BCUT2D eigenvalue weighted by Crippen LogP contribution is -2.68.